The largest absolute Gasteiger partial charge is 0.329 e. The molecule has 2 heterocycles. The van der Waals surface area contributed by atoms with Crippen LogP contribution in [-0.4, -0.2) is 16.1 Å². The molecule has 1 fully saturated rings. The summed E-state index contributed by atoms with van der Waals surface area (Å²) in [4.78, 5) is 4.97. The maximum absolute atomic E-state index is 4.97. The van der Waals surface area contributed by atoms with Crippen molar-refractivity contribution in [2.24, 2.45) is 5.92 Å². The highest BCUT2D eigenvalue weighted by molar-refractivity contribution is 5.21. The third-order valence-corrected chi connectivity index (χ3v) is 5.17. The summed E-state index contributed by atoms with van der Waals surface area (Å²) in [5.74, 6) is 2.30. The lowest BCUT2D eigenvalue weighted by Gasteiger charge is -2.32. The first-order valence-electron chi connectivity index (χ1n) is 8.63. The summed E-state index contributed by atoms with van der Waals surface area (Å²) in [5.41, 5.74) is 2.88. The van der Waals surface area contributed by atoms with E-state index in [-0.39, 0.29) is 0 Å². The predicted molar refractivity (Wildman–Crippen MR) is 82.9 cm³/mol. The van der Waals surface area contributed by atoms with Crippen LogP contribution in [0.25, 0.3) is 0 Å². The Bertz CT molecular complexity index is 449. The summed E-state index contributed by atoms with van der Waals surface area (Å²) in [7, 11) is 0. The highest BCUT2D eigenvalue weighted by Gasteiger charge is 2.28. The van der Waals surface area contributed by atoms with Crippen LogP contribution in [0.1, 0.15) is 75.6 Å². The van der Waals surface area contributed by atoms with Crippen molar-refractivity contribution in [1.29, 1.82) is 0 Å². The van der Waals surface area contributed by atoms with Crippen LogP contribution in [0.2, 0.25) is 0 Å². The number of hydrogen-bond acceptors (Lipinski definition) is 2. The maximum atomic E-state index is 4.97. The smallest absolute Gasteiger partial charge is 0.109 e. The molecular formula is C17H29N3. The van der Waals surface area contributed by atoms with Gasteiger partial charge in [0.15, 0.2) is 0 Å². The average Bonchev–Trinajstić information content (AvgIpc) is 2.85. The van der Waals surface area contributed by atoms with Crippen LogP contribution in [0.3, 0.4) is 0 Å². The van der Waals surface area contributed by atoms with E-state index in [4.69, 9.17) is 4.98 Å². The van der Waals surface area contributed by atoms with Gasteiger partial charge in [-0.25, -0.2) is 4.98 Å². The highest BCUT2D eigenvalue weighted by atomic mass is 15.1. The Hall–Kier alpha value is -0.830. The minimum atomic E-state index is 0.726. The van der Waals surface area contributed by atoms with Gasteiger partial charge in [0.2, 0.25) is 0 Å². The molecule has 1 aromatic heterocycles. The normalized spacial score (nSPS) is 26.5. The zero-order valence-corrected chi connectivity index (χ0v) is 13.1. The van der Waals surface area contributed by atoms with E-state index in [9.17, 15) is 0 Å². The molecule has 1 saturated carbocycles. The summed E-state index contributed by atoms with van der Waals surface area (Å²) in [6.07, 6.45) is 10.4. The molecule has 2 aliphatic rings. The molecule has 1 aliphatic carbocycles. The lowest BCUT2D eigenvalue weighted by Crippen LogP contribution is -2.27. The molecule has 20 heavy (non-hydrogen) atoms. The van der Waals surface area contributed by atoms with E-state index >= 15 is 0 Å². The topological polar surface area (TPSA) is 29.9 Å². The van der Waals surface area contributed by atoms with Gasteiger partial charge in [-0.15, -0.1) is 0 Å². The molecule has 0 aromatic carbocycles. The van der Waals surface area contributed by atoms with Crippen molar-refractivity contribution in [3.63, 3.8) is 0 Å². The fourth-order valence-electron chi connectivity index (χ4n) is 4.09. The Morgan fingerprint density at radius 1 is 1.30 bits per heavy atom. The molecule has 0 spiro atoms. The Morgan fingerprint density at radius 2 is 2.20 bits per heavy atom. The minimum Gasteiger partial charge on any atom is -0.329 e. The standard InChI is InChI=1S/C17H29N3/c1-3-6-17-19-15-12-18-10-9-16(15)20(17)14-8-5-7-13(4-2)11-14/h13-14,18H,3-12H2,1-2H3. The number of rotatable bonds is 4. The second kappa shape index (κ2) is 6.30. The number of aryl methyl sites for hydroxylation is 1. The molecule has 1 aromatic rings. The third-order valence-electron chi connectivity index (χ3n) is 5.17. The van der Waals surface area contributed by atoms with Crippen LogP contribution < -0.4 is 5.32 Å². The average molecular weight is 275 g/mol. The van der Waals surface area contributed by atoms with E-state index in [0.29, 0.717) is 0 Å². The van der Waals surface area contributed by atoms with E-state index in [2.05, 4.69) is 23.7 Å². The number of fused-ring (bicyclic) bond motifs is 1. The molecule has 3 heteroatoms. The summed E-state index contributed by atoms with van der Waals surface area (Å²) < 4.78 is 2.67. The van der Waals surface area contributed by atoms with Gasteiger partial charge in [0.05, 0.1) is 5.69 Å². The van der Waals surface area contributed by atoms with Gasteiger partial charge >= 0.3 is 0 Å². The quantitative estimate of drug-likeness (QED) is 0.909. The van der Waals surface area contributed by atoms with E-state index in [0.717, 1.165) is 31.5 Å². The van der Waals surface area contributed by atoms with Crippen LogP contribution in [-0.2, 0) is 19.4 Å². The predicted octanol–water partition coefficient (Wildman–Crippen LogP) is 3.62. The third kappa shape index (κ3) is 2.65. The Morgan fingerprint density at radius 3 is 3.00 bits per heavy atom. The van der Waals surface area contributed by atoms with Crippen molar-refractivity contribution in [1.82, 2.24) is 14.9 Å². The first kappa shape index (κ1) is 14.1. The van der Waals surface area contributed by atoms with E-state index in [1.807, 2.05) is 0 Å². The second-order valence-electron chi connectivity index (χ2n) is 6.56. The van der Waals surface area contributed by atoms with Crippen LogP contribution in [0.4, 0.5) is 0 Å². The summed E-state index contributed by atoms with van der Waals surface area (Å²) in [6.45, 7) is 6.72. The molecule has 112 valence electrons. The Labute approximate surface area is 123 Å². The maximum Gasteiger partial charge on any atom is 0.109 e. The van der Waals surface area contributed by atoms with Crippen molar-refractivity contribution in [3.8, 4) is 0 Å². The van der Waals surface area contributed by atoms with Crippen molar-refractivity contribution in [3.05, 3.63) is 17.2 Å². The second-order valence-corrected chi connectivity index (χ2v) is 6.56. The minimum absolute atomic E-state index is 0.726. The molecule has 0 bridgehead atoms. The van der Waals surface area contributed by atoms with Gasteiger partial charge < -0.3 is 9.88 Å². The molecule has 3 nitrogen and oxygen atoms in total. The van der Waals surface area contributed by atoms with Gasteiger partial charge in [0, 0.05) is 37.7 Å². The number of aromatic nitrogens is 2. The summed E-state index contributed by atoms with van der Waals surface area (Å²) >= 11 is 0. The fourth-order valence-corrected chi connectivity index (χ4v) is 4.09. The fraction of sp³-hybridized carbons (Fsp3) is 0.824. The first-order chi connectivity index (χ1) is 9.83. The SMILES string of the molecule is CCCc1nc2c(n1C1CCCC(CC)C1)CCNC2. The highest BCUT2D eigenvalue weighted by Crippen LogP contribution is 2.37. The van der Waals surface area contributed by atoms with Gasteiger partial charge in [0.1, 0.15) is 5.82 Å². The van der Waals surface area contributed by atoms with E-state index in [1.165, 1.54) is 56.5 Å². The van der Waals surface area contributed by atoms with E-state index < -0.39 is 0 Å². The number of nitrogens with one attached hydrogen (secondary N) is 1. The van der Waals surface area contributed by atoms with Crippen molar-refractivity contribution in [2.75, 3.05) is 6.54 Å². The molecule has 3 rings (SSSR count). The van der Waals surface area contributed by atoms with Gasteiger partial charge in [-0.3, -0.25) is 0 Å². The molecular weight excluding hydrogens is 246 g/mol. The van der Waals surface area contributed by atoms with Gasteiger partial charge in [-0.2, -0.15) is 0 Å². The molecule has 1 aliphatic heterocycles. The zero-order chi connectivity index (χ0) is 13.9. The lowest BCUT2D eigenvalue weighted by molar-refractivity contribution is 0.253. The first-order valence-corrected chi connectivity index (χ1v) is 8.63. The van der Waals surface area contributed by atoms with Crippen molar-refractivity contribution in [2.45, 2.75) is 77.8 Å². The molecule has 1 N–H and O–H groups in total. The number of imidazole rings is 1. The van der Waals surface area contributed by atoms with Crippen molar-refractivity contribution < 1.29 is 0 Å². The van der Waals surface area contributed by atoms with Crippen LogP contribution in [0.15, 0.2) is 0 Å². The van der Waals surface area contributed by atoms with Gasteiger partial charge in [-0.1, -0.05) is 33.1 Å². The molecule has 0 saturated heterocycles. The van der Waals surface area contributed by atoms with Crippen molar-refractivity contribution >= 4 is 0 Å². The van der Waals surface area contributed by atoms with Crippen LogP contribution in [0.5, 0.6) is 0 Å². The van der Waals surface area contributed by atoms with Gasteiger partial charge in [-0.05, 0) is 25.2 Å². The monoisotopic (exact) mass is 275 g/mol. The zero-order valence-electron chi connectivity index (χ0n) is 13.1. The molecule has 0 amide bonds. The molecule has 0 radical (unpaired) electrons. The van der Waals surface area contributed by atoms with Gasteiger partial charge in [0.25, 0.3) is 0 Å². The van der Waals surface area contributed by atoms with Crippen LogP contribution >= 0.6 is 0 Å². The number of nitrogens with zero attached hydrogens (tertiary/aromatic N) is 2. The summed E-state index contributed by atoms with van der Waals surface area (Å²) in [5, 5.41) is 3.47. The Kier molecular flexibility index (Phi) is 4.45. The van der Waals surface area contributed by atoms with Crippen LogP contribution in [0, 0.1) is 5.92 Å². The Balaban J connectivity index is 1.91. The number of hydrogen-bond donors (Lipinski definition) is 1. The molecule has 2 atom stereocenters. The molecule has 2 unspecified atom stereocenters. The summed E-state index contributed by atoms with van der Waals surface area (Å²) in [6, 6.07) is 0.726. The lowest BCUT2D eigenvalue weighted by atomic mass is 9.84. The van der Waals surface area contributed by atoms with E-state index in [1.54, 1.807) is 5.69 Å².